The molecule has 0 bridgehead atoms. The molecule has 0 aliphatic carbocycles. The molecule has 0 aliphatic rings. The van der Waals surface area contributed by atoms with Gasteiger partial charge in [0, 0.05) is 10.6 Å². The third-order valence-corrected chi connectivity index (χ3v) is 4.15. The van der Waals surface area contributed by atoms with Crippen molar-refractivity contribution in [3.63, 3.8) is 0 Å². The van der Waals surface area contributed by atoms with Gasteiger partial charge in [-0.1, -0.05) is 28.9 Å². The van der Waals surface area contributed by atoms with E-state index in [0.29, 0.717) is 10.8 Å². The number of benzene rings is 1. The molecule has 0 saturated heterocycles. The van der Waals surface area contributed by atoms with Crippen LogP contribution in [0.3, 0.4) is 0 Å². The van der Waals surface area contributed by atoms with E-state index in [4.69, 9.17) is 16.1 Å². The fourth-order valence-electron chi connectivity index (χ4n) is 1.96. The molecule has 0 spiro atoms. The van der Waals surface area contributed by atoms with E-state index >= 15 is 0 Å². The van der Waals surface area contributed by atoms with Gasteiger partial charge in [0.25, 0.3) is 0 Å². The maximum absolute atomic E-state index is 10.4. The Morgan fingerprint density at radius 1 is 1.41 bits per heavy atom. The summed E-state index contributed by atoms with van der Waals surface area (Å²) in [5.74, 6) is 0.445. The van der Waals surface area contributed by atoms with Crippen molar-refractivity contribution in [3.8, 4) is 11.4 Å². The first-order valence-corrected chi connectivity index (χ1v) is 7.95. The summed E-state index contributed by atoms with van der Waals surface area (Å²) in [6, 6.07) is 9.35. The second-order valence-corrected chi connectivity index (χ2v) is 6.29. The number of hydrogen-bond donors (Lipinski definition) is 2. The van der Waals surface area contributed by atoms with E-state index in [1.807, 2.05) is 29.0 Å². The first-order chi connectivity index (χ1) is 10.5. The van der Waals surface area contributed by atoms with Crippen LogP contribution in [0.15, 0.2) is 45.6 Å². The van der Waals surface area contributed by atoms with Crippen molar-refractivity contribution in [2.24, 2.45) is 0 Å². The van der Waals surface area contributed by atoms with E-state index in [-0.39, 0.29) is 12.6 Å². The normalized spacial score (nSPS) is 13.8. The zero-order chi connectivity index (χ0) is 15.6. The summed E-state index contributed by atoms with van der Waals surface area (Å²) in [6.45, 7) is 2.00. The number of nitrogens with one attached hydrogen (secondary N) is 1. The molecule has 7 heteroatoms. The monoisotopic (exact) mass is 335 g/mol. The number of rotatable bonds is 5. The molecule has 1 unspecified atom stereocenters. The summed E-state index contributed by atoms with van der Waals surface area (Å²) in [5, 5.41) is 21.7. The largest absolute Gasteiger partial charge is 0.384 e. The fraction of sp³-hybridized carbons (Fsp3) is 0.200. The average molecular weight is 336 g/mol. The number of hydrogen-bond acceptors (Lipinski definition) is 6. The van der Waals surface area contributed by atoms with Crippen LogP contribution >= 0.6 is 22.9 Å². The number of aliphatic hydroxyl groups is 1. The van der Waals surface area contributed by atoms with Gasteiger partial charge in [-0.2, -0.15) is 16.3 Å². The summed E-state index contributed by atoms with van der Waals surface area (Å²) in [6.07, 6.45) is 0. The van der Waals surface area contributed by atoms with Crippen molar-refractivity contribution in [1.29, 1.82) is 0 Å². The second-order valence-electron chi connectivity index (χ2n) is 5.07. The highest BCUT2D eigenvalue weighted by Gasteiger charge is 2.24. The molecular weight excluding hydrogens is 322 g/mol. The van der Waals surface area contributed by atoms with E-state index in [1.165, 1.54) is 11.3 Å². The first-order valence-electron chi connectivity index (χ1n) is 6.63. The lowest BCUT2D eigenvalue weighted by Gasteiger charge is -2.21. The van der Waals surface area contributed by atoms with Gasteiger partial charge in [0.15, 0.2) is 0 Å². The summed E-state index contributed by atoms with van der Waals surface area (Å²) < 4.78 is 5.15. The zero-order valence-electron chi connectivity index (χ0n) is 11.8. The third kappa shape index (κ3) is 3.30. The van der Waals surface area contributed by atoms with Gasteiger partial charge in [0.1, 0.15) is 5.60 Å². The van der Waals surface area contributed by atoms with Crippen LogP contribution in [0, 0.1) is 0 Å². The molecule has 3 rings (SSSR count). The molecule has 114 valence electrons. The molecular formula is C15H14ClN3O2S. The predicted octanol–water partition coefficient (Wildman–Crippen LogP) is 3.77. The SMILES string of the molecule is CC(O)(CNc1nc(-c2cccc(Cl)c2)no1)c1ccsc1. The third-order valence-electron chi connectivity index (χ3n) is 3.24. The van der Waals surface area contributed by atoms with Crippen LogP contribution in [0.25, 0.3) is 11.4 Å². The Hall–Kier alpha value is -1.89. The fourth-order valence-corrected chi connectivity index (χ4v) is 2.93. The highest BCUT2D eigenvalue weighted by molar-refractivity contribution is 7.08. The van der Waals surface area contributed by atoms with E-state index < -0.39 is 5.60 Å². The molecule has 22 heavy (non-hydrogen) atoms. The minimum atomic E-state index is -1.01. The summed E-state index contributed by atoms with van der Waals surface area (Å²) in [7, 11) is 0. The van der Waals surface area contributed by atoms with Crippen molar-refractivity contribution in [2.45, 2.75) is 12.5 Å². The lowest BCUT2D eigenvalue weighted by atomic mass is 10.00. The molecule has 0 amide bonds. The lowest BCUT2D eigenvalue weighted by molar-refractivity contribution is 0.0712. The van der Waals surface area contributed by atoms with E-state index in [0.717, 1.165) is 11.1 Å². The maximum atomic E-state index is 10.4. The van der Waals surface area contributed by atoms with Crippen LogP contribution < -0.4 is 5.32 Å². The number of nitrogens with zero attached hydrogens (tertiary/aromatic N) is 2. The maximum Gasteiger partial charge on any atom is 0.321 e. The number of aromatic nitrogens is 2. The Bertz CT molecular complexity index is 756. The van der Waals surface area contributed by atoms with Gasteiger partial charge in [-0.15, -0.1) is 0 Å². The van der Waals surface area contributed by atoms with Gasteiger partial charge < -0.3 is 14.9 Å². The number of anilines is 1. The Morgan fingerprint density at radius 3 is 3.00 bits per heavy atom. The van der Waals surface area contributed by atoms with Crippen LogP contribution in [0.1, 0.15) is 12.5 Å². The van der Waals surface area contributed by atoms with Crippen LogP contribution in [0.2, 0.25) is 5.02 Å². The molecule has 2 N–H and O–H groups in total. The van der Waals surface area contributed by atoms with Crippen molar-refractivity contribution < 1.29 is 9.63 Å². The van der Waals surface area contributed by atoms with Gasteiger partial charge in [0.2, 0.25) is 5.82 Å². The average Bonchev–Trinajstić information content (AvgIpc) is 3.17. The van der Waals surface area contributed by atoms with Crippen molar-refractivity contribution in [1.82, 2.24) is 10.1 Å². The highest BCUT2D eigenvalue weighted by atomic mass is 35.5. The lowest BCUT2D eigenvalue weighted by Crippen LogP contribution is -2.30. The molecule has 0 fully saturated rings. The van der Waals surface area contributed by atoms with Gasteiger partial charge in [-0.05, 0) is 41.4 Å². The van der Waals surface area contributed by atoms with E-state index in [9.17, 15) is 5.11 Å². The zero-order valence-corrected chi connectivity index (χ0v) is 13.4. The molecule has 5 nitrogen and oxygen atoms in total. The Morgan fingerprint density at radius 2 is 2.27 bits per heavy atom. The van der Waals surface area contributed by atoms with Crippen LogP contribution in [-0.4, -0.2) is 21.8 Å². The number of halogens is 1. The van der Waals surface area contributed by atoms with Crippen molar-refractivity contribution >= 4 is 29.0 Å². The quantitative estimate of drug-likeness (QED) is 0.742. The van der Waals surface area contributed by atoms with Crippen LogP contribution in [0.5, 0.6) is 0 Å². The van der Waals surface area contributed by atoms with Gasteiger partial charge in [-0.25, -0.2) is 0 Å². The van der Waals surface area contributed by atoms with E-state index in [2.05, 4.69) is 15.5 Å². The number of thiophene rings is 1. The molecule has 2 heterocycles. The summed E-state index contributed by atoms with van der Waals surface area (Å²) >= 11 is 7.48. The smallest absolute Gasteiger partial charge is 0.321 e. The van der Waals surface area contributed by atoms with Crippen LogP contribution in [-0.2, 0) is 5.60 Å². The molecule has 2 aromatic heterocycles. The molecule has 0 saturated carbocycles. The van der Waals surface area contributed by atoms with Gasteiger partial charge >= 0.3 is 6.01 Å². The molecule has 0 radical (unpaired) electrons. The summed E-state index contributed by atoms with van der Waals surface area (Å²) in [4.78, 5) is 4.25. The molecule has 1 aromatic carbocycles. The second kappa shape index (κ2) is 6.08. The van der Waals surface area contributed by atoms with Crippen molar-refractivity contribution in [2.75, 3.05) is 11.9 Å². The van der Waals surface area contributed by atoms with Crippen molar-refractivity contribution in [3.05, 3.63) is 51.7 Å². The summed E-state index contributed by atoms with van der Waals surface area (Å²) in [5.41, 5.74) is 0.610. The van der Waals surface area contributed by atoms with Crippen LogP contribution in [0.4, 0.5) is 6.01 Å². The first kappa shape index (κ1) is 15.0. The van der Waals surface area contributed by atoms with Gasteiger partial charge in [-0.3, -0.25) is 0 Å². The Labute approximate surface area is 136 Å². The minimum absolute atomic E-state index is 0.255. The Balaban J connectivity index is 1.70. The predicted molar refractivity (Wildman–Crippen MR) is 87.1 cm³/mol. The highest BCUT2D eigenvalue weighted by Crippen LogP contribution is 2.24. The standard InChI is InChI=1S/C15H14ClN3O2S/c1-15(20,11-5-6-22-8-11)9-17-14-18-13(19-21-14)10-3-2-4-12(16)7-10/h2-8,20H,9H2,1H3,(H,17,18,19). The molecule has 0 aliphatic heterocycles. The van der Waals surface area contributed by atoms with E-state index in [1.54, 1.807) is 19.1 Å². The minimum Gasteiger partial charge on any atom is -0.384 e. The molecule has 3 aromatic rings. The Kier molecular flexibility index (Phi) is 4.15. The van der Waals surface area contributed by atoms with Gasteiger partial charge in [0.05, 0.1) is 6.54 Å². The molecule has 1 atom stereocenters. The topological polar surface area (TPSA) is 71.2 Å².